The SMILES string of the molecule is Clc1cc(Cl)cc(OC(c2ccccc2)[C@@H]2CCNC2)c1. The fourth-order valence-electron chi connectivity index (χ4n) is 2.76. The summed E-state index contributed by atoms with van der Waals surface area (Å²) in [6.07, 6.45) is 1.11. The van der Waals surface area contributed by atoms with Gasteiger partial charge in [0.1, 0.15) is 11.9 Å². The van der Waals surface area contributed by atoms with Gasteiger partial charge < -0.3 is 10.1 Å². The molecule has 2 aromatic carbocycles. The first-order valence-electron chi connectivity index (χ1n) is 7.11. The third kappa shape index (κ3) is 3.70. The molecule has 4 heteroatoms. The summed E-state index contributed by atoms with van der Waals surface area (Å²) in [5.41, 5.74) is 1.18. The van der Waals surface area contributed by atoms with E-state index in [1.165, 1.54) is 5.56 Å². The number of nitrogens with one attached hydrogen (secondary N) is 1. The second-order valence-corrected chi connectivity index (χ2v) is 6.18. The number of halogens is 2. The van der Waals surface area contributed by atoms with Crippen molar-refractivity contribution in [1.82, 2.24) is 5.32 Å². The van der Waals surface area contributed by atoms with Crippen molar-refractivity contribution in [1.29, 1.82) is 0 Å². The smallest absolute Gasteiger partial charge is 0.128 e. The van der Waals surface area contributed by atoms with Crippen molar-refractivity contribution in [3.8, 4) is 5.75 Å². The van der Waals surface area contributed by atoms with Gasteiger partial charge in [0.25, 0.3) is 0 Å². The third-order valence-corrected chi connectivity index (χ3v) is 4.19. The largest absolute Gasteiger partial charge is 0.485 e. The summed E-state index contributed by atoms with van der Waals surface area (Å²) in [6.45, 7) is 2.00. The van der Waals surface area contributed by atoms with Crippen molar-refractivity contribution in [3.63, 3.8) is 0 Å². The maximum Gasteiger partial charge on any atom is 0.128 e. The molecular formula is C17H17Cl2NO. The molecule has 0 saturated carbocycles. The molecule has 0 bridgehead atoms. The van der Waals surface area contributed by atoms with E-state index in [2.05, 4.69) is 17.4 Å². The summed E-state index contributed by atoms with van der Waals surface area (Å²) in [7, 11) is 0. The zero-order valence-electron chi connectivity index (χ0n) is 11.6. The molecule has 0 amide bonds. The predicted molar refractivity (Wildman–Crippen MR) is 87.2 cm³/mol. The van der Waals surface area contributed by atoms with E-state index in [1.807, 2.05) is 30.3 Å². The predicted octanol–water partition coefficient (Wildman–Crippen LogP) is 4.72. The van der Waals surface area contributed by atoms with Crippen molar-refractivity contribution in [3.05, 3.63) is 64.1 Å². The van der Waals surface area contributed by atoms with Gasteiger partial charge in [-0.1, -0.05) is 53.5 Å². The van der Waals surface area contributed by atoms with Crippen LogP contribution in [0.3, 0.4) is 0 Å². The highest BCUT2D eigenvalue weighted by Crippen LogP contribution is 2.34. The maximum absolute atomic E-state index is 6.24. The lowest BCUT2D eigenvalue weighted by molar-refractivity contribution is 0.144. The van der Waals surface area contributed by atoms with Crippen LogP contribution in [0.15, 0.2) is 48.5 Å². The van der Waals surface area contributed by atoms with Crippen molar-refractivity contribution in [2.75, 3.05) is 13.1 Å². The van der Waals surface area contributed by atoms with Gasteiger partial charge in [0.15, 0.2) is 0 Å². The van der Waals surface area contributed by atoms with E-state index in [4.69, 9.17) is 27.9 Å². The summed E-state index contributed by atoms with van der Waals surface area (Å²) >= 11 is 12.1. The van der Waals surface area contributed by atoms with E-state index in [1.54, 1.807) is 6.07 Å². The minimum absolute atomic E-state index is 0.00994. The van der Waals surface area contributed by atoms with Crippen molar-refractivity contribution in [2.45, 2.75) is 12.5 Å². The molecule has 0 aliphatic carbocycles. The number of rotatable bonds is 4. The Morgan fingerprint density at radius 2 is 1.76 bits per heavy atom. The molecule has 1 aliphatic heterocycles. The van der Waals surface area contributed by atoms with Crippen LogP contribution in [0, 0.1) is 5.92 Å². The average Bonchev–Trinajstić information content (AvgIpc) is 2.98. The Kier molecular flexibility index (Phi) is 4.69. The fraction of sp³-hybridized carbons (Fsp3) is 0.294. The molecule has 0 aromatic heterocycles. The summed E-state index contributed by atoms with van der Waals surface area (Å²) < 4.78 is 6.24. The van der Waals surface area contributed by atoms with Crippen LogP contribution < -0.4 is 10.1 Å². The van der Waals surface area contributed by atoms with E-state index in [0.717, 1.165) is 19.5 Å². The van der Waals surface area contributed by atoms with Gasteiger partial charge in [-0.15, -0.1) is 0 Å². The van der Waals surface area contributed by atoms with E-state index >= 15 is 0 Å². The quantitative estimate of drug-likeness (QED) is 0.879. The molecule has 21 heavy (non-hydrogen) atoms. The second kappa shape index (κ2) is 6.69. The zero-order chi connectivity index (χ0) is 14.7. The summed E-state index contributed by atoms with van der Waals surface area (Å²) in [5.74, 6) is 1.17. The number of hydrogen-bond acceptors (Lipinski definition) is 2. The van der Waals surface area contributed by atoms with Crippen LogP contribution in [-0.2, 0) is 0 Å². The fourth-order valence-corrected chi connectivity index (χ4v) is 3.26. The molecule has 110 valence electrons. The maximum atomic E-state index is 6.24. The molecule has 3 rings (SSSR count). The highest BCUT2D eigenvalue weighted by Gasteiger charge is 2.28. The van der Waals surface area contributed by atoms with Gasteiger partial charge in [0.05, 0.1) is 0 Å². The average molecular weight is 322 g/mol. The van der Waals surface area contributed by atoms with Crippen molar-refractivity contribution in [2.24, 2.45) is 5.92 Å². The molecule has 1 heterocycles. The lowest BCUT2D eigenvalue weighted by Crippen LogP contribution is -2.21. The van der Waals surface area contributed by atoms with E-state index in [-0.39, 0.29) is 6.10 Å². The van der Waals surface area contributed by atoms with E-state index in [9.17, 15) is 0 Å². The van der Waals surface area contributed by atoms with Crippen LogP contribution >= 0.6 is 23.2 Å². The Hall–Kier alpha value is -1.22. The van der Waals surface area contributed by atoms with Crippen LogP contribution in [0.4, 0.5) is 0 Å². The van der Waals surface area contributed by atoms with E-state index in [0.29, 0.717) is 21.7 Å². The molecule has 0 spiro atoms. The first-order valence-corrected chi connectivity index (χ1v) is 7.86. The van der Waals surface area contributed by atoms with Gasteiger partial charge in [-0.3, -0.25) is 0 Å². The van der Waals surface area contributed by atoms with Crippen LogP contribution in [0.5, 0.6) is 5.75 Å². The van der Waals surface area contributed by atoms with Crippen molar-refractivity contribution >= 4 is 23.2 Å². The van der Waals surface area contributed by atoms with Crippen LogP contribution in [0.25, 0.3) is 0 Å². The summed E-state index contributed by atoms with van der Waals surface area (Å²) in [6, 6.07) is 15.6. The molecule has 0 radical (unpaired) electrons. The molecule has 2 atom stereocenters. The van der Waals surface area contributed by atoms with Gasteiger partial charge >= 0.3 is 0 Å². The zero-order valence-corrected chi connectivity index (χ0v) is 13.1. The number of ether oxygens (including phenoxy) is 1. The highest BCUT2D eigenvalue weighted by molar-refractivity contribution is 6.34. The number of benzene rings is 2. The standard InChI is InChI=1S/C17H17Cl2NO/c18-14-8-15(19)10-16(9-14)21-17(13-6-7-20-11-13)12-4-2-1-3-5-12/h1-5,8-10,13,17,20H,6-7,11H2/t13-,17?/m1/s1. The summed E-state index contributed by atoms with van der Waals surface area (Å²) in [5, 5.41) is 4.58. The van der Waals surface area contributed by atoms with Gasteiger partial charge in [-0.25, -0.2) is 0 Å². The molecular weight excluding hydrogens is 305 g/mol. The Bertz CT molecular complexity index is 577. The van der Waals surface area contributed by atoms with Crippen LogP contribution in [0.2, 0.25) is 10.0 Å². The lowest BCUT2D eigenvalue weighted by atomic mass is 9.95. The lowest BCUT2D eigenvalue weighted by Gasteiger charge is -2.25. The first-order chi connectivity index (χ1) is 10.2. The van der Waals surface area contributed by atoms with Gasteiger partial charge in [-0.2, -0.15) is 0 Å². The molecule has 1 N–H and O–H groups in total. The highest BCUT2D eigenvalue weighted by atomic mass is 35.5. The van der Waals surface area contributed by atoms with Gasteiger partial charge in [0, 0.05) is 22.5 Å². The normalized spacial score (nSPS) is 19.4. The second-order valence-electron chi connectivity index (χ2n) is 5.31. The monoisotopic (exact) mass is 321 g/mol. The molecule has 1 fully saturated rings. The Morgan fingerprint density at radius 1 is 1.05 bits per heavy atom. The van der Waals surface area contributed by atoms with Crippen LogP contribution in [0.1, 0.15) is 18.1 Å². The molecule has 1 unspecified atom stereocenters. The summed E-state index contributed by atoms with van der Waals surface area (Å²) in [4.78, 5) is 0. The Labute approximate surface area is 135 Å². The van der Waals surface area contributed by atoms with E-state index < -0.39 is 0 Å². The Balaban J connectivity index is 1.88. The van der Waals surface area contributed by atoms with Crippen molar-refractivity contribution < 1.29 is 4.74 Å². The Morgan fingerprint density at radius 3 is 2.38 bits per heavy atom. The first kappa shape index (κ1) is 14.7. The topological polar surface area (TPSA) is 21.3 Å². The molecule has 2 aromatic rings. The minimum atomic E-state index is 0.00994. The molecule has 2 nitrogen and oxygen atoms in total. The molecule has 1 saturated heterocycles. The van der Waals surface area contributed by atoms with Gasteiger partial charge in [-0.05, 0) is 36.7 Å². The number of hydrogen-bond donors (Lipinski definition) is 1. The molecule has 1 aliphatic rings. The van der Waals surface area contributed by atoms with Crippen LogP contribution in [-0.4, -0.2) is 13.1 Å². The minimum Gasteiger partial charge on any atom is -0.485 e. The van der Waals surface area contributed by atoms with Gasteiger partial charge in [0.2, 0.25) is 0 Å². The third-order valence-electron chi connectivity index (χ3n) is 3.75.